The number of nitrogens with zero attached hydrogens (tertiary/aromatic N) is 4. The monoisotopic (exact) mass is 536 g/mol. The molecule has 2 aromatic carbocycles. The van der Waals surface area contributed by atoms with Crippen molar-refractivity contribution in [2.24, 2.45) is 0 Å². The van der Waals surface area contributed by atoms with Crippen LogP contribution in [0.1, 0.15) is 55.2 Å². The molecule has 0 N–H and O–H groups in total. The van der Waals surface area contributed by atoms with Gasteiger partial charge in [0.25, 0.3) is 5.91 Å². The van der Waals surface area contributed by atoms with Gasteiger partial charge in [-0.05, 0) is 66.9 Å². The first kappa shape index (κ1) is 26.9. The minimum atomic E-state index is -3.62. The molecular formula is C28H32N4O3S2. The van der Waals surface area contributed by atoms with Crippen molar-refractivity contribution in [3.8, 4) is 0 Å². The number of aryl methyl sites for hydroxylation is 1. The molecule has 2 aromatic heterocycles. The second-order valence-electron chi connectivity index (χ2n) is 8.74. The summed E-state index contributed by atoms with van der Waals surface area (Å²) in [5.74, 6) is -0.261. The molecule has 0 radical (unpaired) electrons. The summed E-state index contributed by atoms with van der Waals surface area (Å²) in [4.78, 5) is 24.7. The van der Waals surface area contributed by atoms with Crippen LogP contribution in [0.4, 0.5) is 5.13 Å². The summed E-state index contributed by atoms with van der Waals surface area (Å²) < 4.78 is 28.7. The number of sulfonamides is 1. The van der Waals surface area contributed by atoms with E-state index in [9.17, 15) is 13.2 Å². The van der Waals surface area contributed by atoms with E-state index in [-0.39, 0.29) is 17.3 Å². The number of rotatable bonds is 11. The van der Waals surface area contributed by atoms with Gasteiger partial charge in [0.05, 0.1) is 27.4 Å². The predicted molar refractivity (Wildman–Crippen MR) is 150 cm³/mol. The van der Waals surface area contributed by atoms with E-state index in [0.717, 1.165) is 35.2 Å². The van der Waals surface area contributed by atoms with Crippen LogP contribution in [-0.4, -0.2) is 41.7 Å². The molecule has 0 saturated carbocycles. The third-order valence-corrected chi connectivity index (χ3v) is 9.25. The molecule has 0 spiro atoms. The Morgan fingerprint density at radius 3 is 2.43 bits per heavy atom. The fourth-order valence-corrected chi connectivity index (χ4v) is 6.54. The fraction of sp³-hybridized carbons (Fsp3) is 0.321. The van der Waals surface area contributed by atoms with Crippen molar-refractivity contribution in [1.29, 1.82) is 0 Å². The van der Waals surface area contributed by atoms with Crippen molar-refractivity contribution in [1.82, 2.24) is 14.3 Å². The number of hydrogen-bond acceptors (Lipinski definition) is 6. The lowest BCUT2D eigenvalue weighted by atomic mass is 10.2. The molecule has 7 nitrogen and oxygen atoms in total. The van der Waals surface area contributed by atoms with Crippen LogP contribution in [0, 0.1) is 0 Å². The van der Waals surface area contributed by atoms with Gasteiger partial charge in [0, 0.05) is 24.8 Å². The minimum absolute atomic E-state index is 0.186. The van der Waals surface area contributed by atoms with Crippen LogP contribution in [0.3, 0.4) is 0 Å². The molecule has 0 atom stereocenters. The number of thiazole rings is 1. The Morgan fingerprint density at radius 1 is 1.00 bits per heavy atom. The van der Waals surface area contributed by atoms with E-state index in [1.807, 2.05) is 38.1 Å². The molecular weight excluding hydrogens is 504 g/mol. The van der Waals surface area contributed by atoms with E-state index < -0.39 is 10.0 Å². The van der Waals surface area contributed by atoms with E-state index >= 15 is 0 Å². The minimum Gasteiger partial charge on any atom is -0.278 e. The van der Waals surface area contributed by atoms with Gasteiger partial charge in [-0.15, -0.1) is 0 Å². The van der Waals surface area contributed by atoms with E-state index in [1.165, 1.54) is 33.3 Å². The quantitative estimate of drug-likeness (QED) is 0.238. The third-order valence-electron chi connectivity index (χ3n) is 6.22. The maximum absolute atomic E-state index is 13.7. The molecule has 0 fully saturated rings. The van der Waals surface area contributed by atoms with Gasteiger partial charge in [0.15, 0.2) is 5.13 Å². The lowest BCUT2D eigenvalue weighted by Crippen LogP contribution is -2.32. The molecule has 0 unspecified atom stereocenters. The number of benzene rings is 2. The van der Waals surface area contributed by atoms with Crippen LogP contribution in [0.2, 0.25) is 0 Å². The molecule has 0 aliphatic carbocycles. The summed E-state index contributed by atoms with van der Waals surface area (Å²) in [5, 5.41) is 0.576. The molecule has 0 aliphatic rings. The van der Waals surface area contributed by atoms with E-state index in [1.54, 1.807) is 23.2 Å². The second kappa shape index (κ2) is 11.9. The summed E-state index contributed by atoms with van der Waals surface area (Å²) in [6.07, 6.45) is 4.33. The number of hydrogen-bond donors (Lipinski definition) is 0. The average molecular weight is 537 g/mol. The number of fused-ring (bicyclic) bond motifs is 1. The average Bonchev–Trinajstić information content (AvgIpc) is 3.35. The Hall–Kier alpha value is -3.14. The molecule has 0 bridgehead atoms. The normalized spacial score (nSPS) is 11.8. The van der Waals surface area contributed by atoms with Gasteiger partial charge >= 0.3 is 0 Å². The zero-order valence-electron chi connectivity index (χ0n) is 21.4. The van der Waals surface area contributed by atoms with E-state index in [0.29, 0.717) is 23.8 Å². The number of aromatic nitrogens is 2. The standard InChI is InChI=1S/C28H32N4O3S2/c1-4-7-18-31(6-3)37(34,35)24-14-12-22(13-15-24)27(33)32(20-23-10-8-9-17-29-23)28-30-25-16-11-21(5-2)19-26(25)36-28/h8-17,19H,4-7,18,20H2,1-3H3. The van der Waals surface area contributed by atoms with Gasteiger partial charge in [0.1, 0.15) is 0 Å². The Balaban J connectivity index is 1.67. The zero-order valence-corrected chi connectivity index (χ0v) is 23.1. The highest BCUT2D eigenvalue weighted by atomic mass is 32.2. The van der Waals surface area contributed by atoms with Crippen molar-refractivity contribution in [2.45, 2.75) is 51.5 Å². The van der Waals surface area contributed by atoms with Crippen LogP contribution in [-0.2, 0) is 23.0 Å². The van der Waals surface area contributed by atoms with Gasteiger partial charge in [-0.2, -0.15) is 4.31 Å². The summed E-state index contributed by atoms with van der Waals surface area (Å²) in [7, 11) is -3.62. The summed E-state index contributed by atoms with van der Waals surface area (Å²) in [6, 6.07) is 17.9. The molecule has 37 heavy (non-hydrogen) atoms. The Morgan fingerprint density at radius 2 is 1.78 bits per heavy atom. The molecule has 4 rings (SSSR count). The second-order valence-corrected chi connectivity index (χ2v) is 11.7. The van der Waals surface area contributed by atoms with Crippen molar-refractivity contribution in [3.63, 3.8) is 0 Å². The first-order valence-electron chi connectivity index (χ1n) is 12.6. The summed E-state index contributed by atoms with van der Waals surface area (Å²) in [6.45, 7) is 7.10. The Bertz CT molecular complexity index is 1450. The first-order chi connectivity index (χ1) is 17.9. The van der Waals surface area contributed by atoms with Crippen molar-refractivity contribution >= 4 is 42.6 Å². The van der Waals surface area contributed by atoms with Crippen LogP contribution < -0.4 is 4.90 Å². The van der Waals surface area contributed by atoms with Gasteiger partial charge in [0.2, 0.25) is 10.0 Å². The Kier molecular flexibility index (Phi) is 8.68. The maximum Gasteiger partial charge on any atom is 0.260 e. The molecule has 0 saturated heterocycles. The first-order valence-corrected chi connectivity index (χ1v) is 14.8. The van der Waals surface area contributed by atoms with Crippen LogP contribution >= 0.6 is 11.3 Å². The van der Waals surface area contributed by atoms with E-state index in [4.69, 9.17) is 4.98 Å². The van der Waals surface area contributed by atoms with Gasteiger partial charge < -0.3 is 0 Å². The highest BCUT2D eigenvalue weighted by molar-refractivity contribution is 7.89. The maximum atomic E-state index is 13.7. The summed E-state index contributed by atoms with van der Waals surface area (Å²) in [5.41, 5.74) is 3.17. The lowest BCUT2D eigenvalue weighted by Gasteiger charge is -2.21. The van der Waals surface area contributed by atoms with Gasteiger partial charge in [-0.25, -0.2) is 13.4 Å². The molecule has 4 aromatic rings. The third kappa shape index (κ3) is 6.06. The molecule has 1 amide bonds. The number of unbranched alkanes of at least 4 members (excludes halogenated alkanes) is 1. The van der Waals surface area contributed by atoms with Crippen molar-refractivity contribution in [2.75, 3.05) is 18.0 Å². The van der Waals surface area contributed by atoms with Crippen LogP contribution in [0.5, 0.6) is 0 Å². The SMILES string of the molecule is CCCCN(CC)S(=O)(=O)c1ccc(C(=O)N(Cc2ccccn2)c2nc3ccc(CC)cc3s2)cc1. The van der Waals surface area contributed by atoms with Crippen molar-refractivity contribution in [3.05, 3.63) is 83.7 Å². The van der Waals surface area contributed by atoms with Gasteiger partial charge in [-0.3, -0.25) is 14.7 Å². The smallest absolute Gasteiger partial charge is 0.260 e. The molecule has 9 heteroatoms. The molecule has 0 aliphatic heterocycles. The Labute approximate surface area is 222 Å². The fourth-order valence-electron chi connectivity index (χ4n) is 4.03. The number of carbonyl (C=O) groups excluding carboxylic acids is 1. The number of pyridine rings is 1. The van der Waals surface area contributed by atoms with Gasteiger partial charge in [-0.1, -0.05) is 50.7 Å². The van der Waals surface area contributed by atoms with Crippen LogP contribution in [0.25, 0.3) is 10.2 Å². The largest absolute Gasteiger partial charge is 0.278 e. The molecule has 2 heterocycles. The topological polar surface area (TPSA) is 83.5 Å². The number of carbonyl (C=O) groups is 1. The van der Waals surface area contributed by atoms with Crippen molar-refractivity contribution < 1.29 is 13.2 Å². The molecule has 194 valence electrons. The lowest BCUT2D eigenvalue weighted by molar-refractivity contribution is 0.0984. The highest BCUT2D eigenvalue weighted by Crippen LogP contribution is 2.32. The zero-order chi connectivity index (χ0) is 26.4. The number of anilines is 1. The van der Waals surface area contributed by atoms with E-state index in [2.05, 4.69) is 24.0 Å². The number of amides is 1. The summed E-state index contributed by atoms with van der Waals surface area (Å²) >= 11 is 1.46. The van der Waals surface area contributed by atoms with Crippen LogP contribution in [0.15, 0.2) is 71.8 Å². The predicted octanol–water partition coefficient (Wildman–Crippen LogP) is 5.91. The highest BCUT2D eigenvalue weighted by Gasteiger charge is 2.25.